The van der Waals surface area contributed by atoms with Crippen LogP contribution in [0.3, 0.4) is 0 Å². The molecule has 94 valence electrons. The Morgan fingerprint density at radius 3 is 2.78 bits per heavy atom. The third kappa shape index (κ3) is 2.80. The molecule has 0 aliphatic rings. The maximum atomic E-state index is 13.4. The van der Waals surface area contributed by atoms with E-state index in [4.69, 9.17) is 21.4 Å². The molecule has 0 aliphatic heterocycles. The van der Waals surface area contributed by atoms with Gasteiger partial charge in [-0.2, -0.15) is 0 Å². The molecule has 18 heavy (non-hydrogen) atoms. The number of hydrogen-bond acceptors (Lipinski definition) is 3. The number of carbonyl (C=O) groups is 1. The Kier molecular flexibility index (Phi) is 3.84. The molecule has 2 aromatic rings. The van der Waals surface area contributed by atoms with Crippen molar-refractivity contribution >= 4 is 28.9 Å². The second-order valence-electron chi connectivity index (χ2n) is 3.41. The van der Waals surface area contributed by atoms with Crippen LogP contribution in [0.25, 0.3) is 0 Å². The SMILES string of the molecule is O=C(O)c1c(F)cccc1OCc1ccc(Cl)s1. The second kappa shape index (κ2) is 5.37. The molecule has 0 bridgehead atoms. The molecule has 0 aliphatic carbocycles. The first-order valence-electron chi connectivity index (χ1n) is 4.96. The van der Waals surface area contributed by atoms with Crippen molar-refractivity contribution in [2.45, 2.75) is 6.61 Å². The van der Waals surface area contributed by atoms with Gasteiger partial charge in [0.15, 0.2) is 0 Å². The highest BCUT2D eigenvalue weighted by molar-refractivity contribution is 7.16. The van der Waals surface area contributed by atoms with Gasteiger partial charge in [0.1, 0.15) is 23.7 Å². The van der Waals surface area contributed by atoms with Gasteiger partial charge in [-0.05, 0) is 24.3 Å². The quantitative estimate of drug-likeness (QED) is 0.929. The summed E-state index contributed by atoms with van der Waals surface area (Å²) >= 11 is 7.08. The van der Waals surface area contributed by atoms with Crippen LogP contribution >= 0.6 is 22.9 Å². The Hall–Kier alpha value is -1.59. The largest absolute Gasteiger partial charge is 0.487 e. The van der Waals surface area contributed by atoms with Gasteiger partial charge in [0.2, 0.25) is 0 Å². The topological polar surface area (TPSA) is 46.5 Å². The monoisotopic (exact) mass is 286 g/mol. The summed E-state index contributed by atoms with van der Waals surface area (Å²) in [5.74, 6) is -2.16. The van der Waals surface area contributed by atoms with Gasteiger partial charge in [-0.1, -0.05) is 17.7 Å². The lowest BCUT2D eigenvalue weighted by molar-refractivity contribution is 0.0686. The normalized spacial score (nSPS) is 10.3. The molecule has 0 fully saturated rings. The molecule has 0 saturated heterocycles. The summed E-state index contributed by atoms with van der Waals surface area (Å²) in [6.07, 6.45) is 0. The van der Waals surface area contributed by atoms with E-state index in [1.807, 2.05) is 0 Å². The standard InChI is InChI=1S/C12H8ClFO3S/c13-10-5-4-7(18-10)6-17-9-3-1-2-8(14)11(9)12(15)16/h1-5H,6H2,(H,15,16). The van der Waals surface area contributed by atoms with Crippen LogP contribution in [0.1, 0.15) is 15.2 Å². The van der Waals surface area contributed by atoms with E-state index in [9.17, 15) is 9.18 Å². The van der Waals surface area contributed by atoms with Gasteiger partial charge in [-0.15, -0.1) is 11.3 Å². The van der Waals surface area contributed by atoms with Crippen molar-refractivity contribution < 1.29 is 19.0 Å². The van der Waals surface area contributed by atoms with Crippen molar-refractivity contribution in [3.63, 3.8) is 0 Å². The molecule has 0 saturated carbocycles. The Balaban J connectivity index is 2.19. The van der Waals surface area contributed by atoms with E-state index < -0.39 is 17.3 Å². The first-order chi connectivity index (χ1) is 8.58. The number of ether oxygens (including phenoxy) is 1. The van der Waals surface area contributed by atoms with Gasteiger partial charge >= 0.3 is 5.97 Å². The van der Waals surface area contributed by atoms with E-state index >= 15 is 0 Å². The van der Waals surface area contributed by atoms with Crippen LogP contribution in [0.15, 0.2) is 30.3 Å². The summed E-state index contributed by atoms with van der Waals surface area (Å²) in [6.45, 7) is 0.154. The van der Waals surface area contributed by atoms with Crippen LogP contribution in [0.4, 0.5) is 4.39 Å². The van der Waals surface area contributed by atoms with E-state index in [0.717, 1.165) is 10.9 Å². The van der Waals surface area contributed by atoms with E-state index in [1.165, 1.54) is 23.5 Å². The average Bonchev–Trinajstić information content (AvgIpc) is 2.72. The first-order valence-corrected chi connectivity index (χ1v) is 6.16. The lowest BCUT2D eigenvalue weighted by atomic mass is 10.2. The lowest BCUT2D eigenvalue weighted by Gasteiger charge is -2.08. The molecule has 1 N–H and O–H groups in total. The molecule has 2 rings (SSSR count). The fraction of sp³-hybridized carbons (Fsp3) is 0.0833. The lowest BCUT2D eigenvalue weighted by Crippen LogP contribution is -2.05. The number of rotatable bonds is 4. The molecule has 1 heterocycles. The Morgan fingerprint density at radius 1 is 1.39 bits per heavy atom. The van der Waals surface area contributed by atoms with Gasteiger partial charge in [0.25, 0.3) is 0 Å². The van der Waals surface area contributed by atoms with Gasteiger partial charge in [-0.25, -0.2) is 9.18 Å². The minimum absolute atomic E-state index is 0.00650. The van der Waals surface area contributed by atoms with Crippen molar-refractivity contribution in [3.05, 3.63) is 50.9 Å². The van der Waals surface area contributed by atoms with E-state index in [2.05, 4.69) is 0 Å². The highest BCUT2D eigenvalue weighted by atomic mass is 35.5. The minimum atomic E-state index is -1.35. The number of thiophene rings is 1. The summed E-state index contributed by atoms with van der Waals surface area (Å²) in [7, 11) is 0. The van der Waals surface area contributed by atoms with Crippen LogP contribution in [0.2, 0.25) is 4.34 Å². The smallest absolute Gasteiger partial charge is 0.342 e. The number of carboxylic acid groups (broad SMARTS) is 1. The van der Waals surface area contributed by atoms with Crippen LogP contribution in [0, 0.1) is 5.82 Å². The zero-order valence-electron chi connectivity index (χ0n) is 9.02. The number of carboxylic acids is 1. The third-order valence-corrected chi connectivity index (χ3v) is 3.39. The molecular formula is C12H8ClFO3S. The van der Waals surface area contributed by atoms with Gasteiger partial charge in [-0.3, -0.25) is 0 Å². The molecular weight excluding hydrogens is 279 g/mol. The number of aromatic carboxylic acids is 1. The maximum Gasteiger partial charge on any atom is 0.342 e. The number of hydrogen-bond donors (Lipinski definition) is 1. The molecule has 0 spiro atoms. The number of halogens is 2. The Bertz CT molecular complexity index is 582. The third-order valence-electron chi connectivity index (χ3n) is 2.19. The van der Waals surface area contributed by atoms with E-state index in [0.29, 0.717) is 4.34 Å². The molecule has 0 radical (unpaired) electrons. The Morgan fingerprint density at radius 2 is 2.17 bits per heavy atom. The van der Waals surface area contributed by atoms with E-state index in [1.54, 1.807) is 12.1 Å². The number of benzene rings is 1. The molecule has 0 unspecified atom stereocenters. The van der Waals surface area contributed by atoms with Crippen LogP contribution in [-0.4, -0.2) is 11.1 Å². The van der Waals surface area contributed by atoms with Crippen molar-refractivity contribution in [1.82, 2.24) is 0 Å². The van der Waals surface area contributed by atoms with Crippen molar-refractivity contribution in [1.29, 1.82) is 0 Å². The average molecular weight is 287 g/mol. The highest BCUT2D eigenvalue weighted by Crippen LogP contribution is 2.25. The Labute approximate surface area is 111 Å². The maximum absolute atomic E-state index is 13.4. The van der Waals surface area contributed by atoms with Crippen molar-refractivity contribution in [3.8, 4) is 5.75 Å². The molecule has 0 amide bonds. The zero-order valence-corrected chi connectivity index (χ0v) is 10.6. The molecule has 3 nitrogen and oxygen atoms in total. The molecule has 0 atom stereocenters. The summed E-state index contributed by atoms with van der Waals surface area (Å²) in [4.78, 5) is 11.8. The fourth-order valence-electron chi connectivity index (χ4n) is 1.41. The van der Waals surface area contributed by atoms with Gasteiger partial charge in [0, 0.05) is 4.88 Å². The van der Waals surface area contributed by atoms with Crippen molar-refractivity contribution in [2.24, 2.45) is 0 Å². The van der Waals surface area contributed by atoms with Gasteiger partial charge < -0.3 is 9.84 Å². The first kappa shape index (κ1) is 12.9. The van der Waals surface area contributed by atoms with E-state index in [-0.39, 0.29) is 12.4 Å². The molecule has 6 heteroatoms. The molecule has 1 aromatic heterocycles. The predicted molar refractivity (Wildman–Crippen MR) is 67.0 cm³/mol. The summed E-state index contributed by atoms with van der Waals surface area (Å²) in [6, 6.07) is 7.39. The molecule has 1 aromatic carbocycles. The van der Waals surface area contributed by atoms with Crippen molar-refractivity contribution in [2.75, 3.05) is 0 Å². The van der Waals surface area contributed by atoms with Crippen LogP contribution in [0.5, 0.6) is 5.75 Å². The minimum Gasteiger partial charge on any atom is -0.487 e. The second-order valence-corrected chi connectivity index (χ2v) is 5.21. The van der Waals surface area contributed by atoms with Gasteiger partial charge in [0.05, 0.1) is 4.34 Å². The predicted octanol–water partition coefficient (Wildman–Crippen LogP) is 3.82. The van der Waals surface area contributed by atoms with Crippen LogP contribution < -0.4 is 4.74 Å². The highest BCUT2D eigenvalue weighted by Gasteiger charge is 2.16. The van der Waals surface area contributed by atoms with Crippen LogP contribution in [-0.2, 0) is 6.61 Å². The zero-order chi connectivity index (χ0) is 13.1. The summed E-state index contributed by atoms with van der Waals surface area (Å²) < 4.78 is 19.3. The summed E-state index contributed by atoms with van der Waals surface area (Å²) in [5.41, 5.74) is -0.458. The fourth-order valence-corrected chi connectivity index (χ4v) is 2.41. The summed E-state index contributed by atoms with van der Waals surface area (Å²) in [5, 5.41) is 8.91.